The van der Waals surface area contributed by atoms with Crippen LogP contribution in [0.3, 0.4) is 0 Å². The maximum absolute atomic E-state index is 12.3. The number of esters is 1. The molecule has 0 spiro atoms. The highest BCUT2D eigenvalue weighted by Gasteiger charge is 2.79. The number of fused-ring (bicyclic) bond motifs is 1. The van der Waals surface area contributed by atoms with Gasteiger partial charge in [-0.2, -0.15) is 0 Å². The van der Waals surface area contributed by atoms with E-state index in [2.05, 4.69) is 27.9 Å². The normalized spacial score (nSPS) is 42.8. The molecule has 116 valence electrons. The van der Waals surface area contributed by atoms with Crippen molar-refractivity contribution in [2.24, 2.45) is 11.8 Å². The summed E-state index contributed by atoms with van der Waals surface area (Å²) in [6.45, 7) is 1.78. The second-order valence-electron chi connectivity index (χ2n) is 6.29. The van der Waals surface area contributed by atoms with E-state index in [1.807, 2.05) is 12.2 Å². The van der Waals surface area contributed by atoms with E-state index in [0.29, 0.717) is 6.42 Å². The van der Waals surface area contributed by atoms with E-state index in [9.17, 15) is 14.7 Å². The van der Waals surface area contributed by atoms with E-state index >= 15 is 0 Å². The molecule has 2 saturated heterocycles. The summed E-state index contributed by atoms with van der Waals surface area (Å²) >= 11 is 2.21. The minimum atomic E-state index is -1.27. The molecule has 2 unspecified atom stereocenters. The van der Waals surface area contributed by atoms with Crippen molar-refractivity contribution in [1.82, 2.24) is 5.32 Å². The molecule has 1 amide bonds. The van der Waals surface area contributed by atoms with E-state index in [4.69, 9.17) is 4.74 Å². The maximum atomic E-state index is 12.3. The highest BCUT2D eigenvalue weighted by Crippen LogP contribution is 2.53. The number of halogens is 1. The lowest BCUT2D eigenvalue weighted by Gasteiger charge is -2.54. The number of nitrogens with one attached hydrogen (secondary N) is 1. The number of aliphatic hydroxyl groups excluding tert-OH is 1. The lowest BCUT2D eigenvalue weighted by Crippen LogP contribution is -2.80. The second-order valence-corrected chi connectivity index (χ2v) is 7.37. The monoisotopic (exact) mass is 405 g/mol. The standard InChI is InChI=1S/C15H20INO4/c1-14-10(7-8-16)12(19)17-15(14,13(20)21-14)11(18)9-5-3-2-4-6-9/h3,5,9-11,18H,2,4,6-8H2,1H3,(H,17,19)/t9-,10?,11?,14+,15+/m1/s1. The second kappa shape index (κ2) is 5.22. The topological polar surface area (TPSA) is 75.6 Å². The Kier molecular flexibility index (Phi) is 3.80. The number of hydrogen-bond donors (Lipinski definition) is 2. The van der Waals surface area contributed by atoms with Gasteiger partial charge in [-0.1, -0.05) is 34.7 Å². The molecule has 5 nitrogen and oxygen atoms in total. The van der Waals surface area contributed by atoms with Crippen molar-refractivity contribution in [2.45, 2.75) is 49.9 Å². The molecule has 2 aliphatic heterocycles. The summed E-state index contributed by atoms with van der Waals surface area (Å²) in [6.07, 6.45) is 6.54. The molecule has 0 bridgehead atoms. The van der Waals surface area contributed by atoms with Crippen LogP contribution in [0.1, 0.15) is 32.6 Å². The van der Waals surface area contributed by atoms with Crippen molar-refractivity contribution in [3.05, 3.63) is 12.2 Å². The van der Waals surface area contributed by atoms with Crippen LogP contribution in [-0.2, 0) is 14.3 Å². The number of carbonyl (C=O) groups is 2. The molecule has 0 saturated carbocycles. The van der Waals surface area contributed by atoms with Crippen LogP contribution in [0.4, 0.5) is 0 Å². The number of carbonyl (C=O) groups excluding carboxylic acids is 2. The van der Waals surface area contributed by atoms with Gasteiger partial charge < -0.3 is 15.2 Å². The molecule has 0 aromatic heterocycles. The van der Waals surface area contributed by atoms with E-state index in [1.165, 1.54) is 0 Å². The van der Waals surface area contributed by atoms with Crippen molar-refractivity contribution < 1.29 is 19.4 Å². The lowest BCUT2D eigenvalue weighted by atomic mass is 9.64. The van der Waals surface area contributed by atoms with E-state index in [-0.39, 0.29) is 17.7 Å². The predicted molar refractivity (Wildman–Crippen MR) is 84.9 cm³/mol. The first kappa shape index (κ1) is 15.3. The zero-order chi connectivity index (χ0) is 15.3. The Hall–Kier alpha value is -0.630. The molecule has 0 aromatic carbocycles. The third-order valence-electron chi connectivity index (χ3n) is 5.25. The Balaban J connectivity index is 1.94. The Labute approximate surface area is 137 Å². The van der Waals surface area contributed by atoms with Crippen molar-refractivity contribution in [1.29, 1.82) is 0 Å². The van der Waals surface area contributed by atoms with Crippen molar-refractivity contribution >= 4 is 34.5 Å². The third kappa shape index (κ3) is 1.91. The van der Waals surface area contributed by atoms with Gasteiger partial charge in [-0.3, -0.25) is 4.79 Å². The molecule has 3 rings (SSSR count). The third-order valence-corrected chi connectivity index (χ3v) is 5.87. The first-order valence-electron chi connectivity index (χ1n) is 7.43. The van der Waals surface area contributed by atoms with Crippen LogP contribution >= 0.6 is 22.6 Å². The molecule has 2 fully saturated rings. The van der Waals surface area contributed by atoms with Crippen LogP contribution < -0.4 is 5.32 Å². The summed E-state index contributed by atoms with van der Waals surface area (Å²) in [5, 5.41) is 13.6. The fourth-order valence-electron chi connectivity index (χ4n) is 3.99. The van der Waals surface area contributed by atoms with E-state index in [0.717, 1.165) is 23.7 Å². The predicted octanol–water partition coefficient (Wildman–Crippen LogP) is 1.33. The summed E-state index contributed by atoms with van der Waals surface area (Å²) in [5.41, 5.74) is -2.20. The fourth-order valence-corrected chi connectivity index (χ4v) is 4.61. The Morgan fingerprint density at radius 3 is 2.90 bits per heavy atom. The van der Waals surface area contributed by atoms with Crippen LogP contribution in [0.5, 0.6) is 0 Å². The summed E-state index contributed by atoms with van der Waals surface area (Å²) < 4.78 is 6.20. The smallest absolute Gasteiger partial charge is 0.339 e. The first-order valence-corrected chi connectivity index (χ1v) is 8.96. The Morgan fingerprint density at radius 1 is 1.57 bits per heavy atom. The van der Waals surface area contributed by atoms with Gasteiger partial charge in [0.15, 0.2) is 5.60 Å². The maximum Gasteiger partial charge on any atom is 0.339 e. The number of hydrogen-bond acceptors (Lipinski definition) is 4. The number of amides is 1. The Morgan fingerprint density at radius 2 is 2.33 bits per heavy atom. The van der Waals surface area contributed by atoms with Gasteiger partial charge in [0, 0.05) is 10.3 Å². The summed E-state index contributed by atoms with van der Waals surface area (Å²) in [7, 11) is 0. The molecule has 1 aliphatic carbocycles. The van der Waals surface area contributed by atoms with E-state index < -0.39 is 23.2 Å². The highest BCUT2D eigenvalue weighted by atomic mass is 127. The average molecular weight is 405 g/mol. The minimum Gasteiger partial charge on any atom is -0.453 e. The zero-order valence-electron chi connectivity index (χ0n) is 12.0. The molecule has 6 heteroatoms. The van der Waals surface area contributed by atoms with Crippen molar-refractivity contribution in [3.8, 4) is 0 Å². The van der Waals surface area contributed by atoms with Crippen molar-refractivity contribution in [2.75, 3.05) is 4.43 Å². The fraction of sp³-hybridized carbons (Fsp3) is 0.733. The van der Waals surface area contributed by atoms with Crippen molar-refractivity contribution in [3.63, 3.8) is 0 Å². The molecule has 2 N–H and O–H groups in total. The van der Waals surface area contributed by atoms with Crippen LogP contribution in [0, 0.1) is 11.8 Å². The number of rotatable bonds is 4. The molecule has 2 heterocycles. The largest absolute Gasteiger partial charge is 0.453 e. The van der Waals surface area contributed by atoms with E-state index in [1.54, 1.807) is 6.92 Å². The van der Waals surface area contributed by atoms with Gasteiger partial charge in [0.05, 0.1) is 12.0 Å². The summed E-state index contributed by atoms with van der Waals surface area (Å²) in [6, 6.07) is 0. The molecule has 0 radical (unpaired) electrons. The van der Waals surface area contributed by atoms with Gasteiger partial charge >= 0.3 is 5.97 Å². The highest BCUT2D eigenvalue weighted by molar-refractivity contribution is 14.1. The SMILES string of the molecule is C[C@@]12OC(=O)[C@]1(C(O)[C@@H]1C=CCCC1)NC(=O)C2CCI. The summed E-state index contributed by atoms with van der Waals surface area (Å²) in [5.74, 6) is -1.17. The van der Waals surface area contributed by atoms with Crippen LogP contribution in [0.2, 0.25) is 0 Å². The number of aliphatic hydroxyl groups is 1. The van der Waals surface area contributed by atoms with Gasteiger partial charge in [0.2, 0.25) is 11.4 Å². The molecule has 0 aromatic rings. The van der Waals surface area contributed by atoms with Crippen LogP contribution in [-0.4, -0.2) is 38.7 Å². The molecule has 5 atom stereocenters. The molecule has 21 heavy (non-hydrogen) atoms. The van der Waals surface area contributed by atoms with Gasteiger partial charge in [0.25, 0.3) is 0 Å². The van der Waals surface area contributed by atoms with Gasteiger partial charge in [-0.25, -0.2) is 4.79 Å². The molecular weight excluding hydrogens is 385 g/mol. The minimum absolute atomic E-state index is 0.107. The lowest BCUT2D eigenvalue weighted by molar-refractivity contribution is -0.238. The number of alkyl halides is 1. The zero-order valence-corrected chi connectivity index (χ0v) is 14.1. The number of allylic oxidation sites excluding steroid dienone is 1. The van der Waals surface area contributed by atoms with Crippen LogP contribution in [0.15, 0.2) is 12.2 Å². The molecule has 3 aliphatic rings. The quantitative estimate of drug-likeness (QED) is 0.320. The van der Waals surface area contributed by atoms with Gasteiger partial charge in [-0.15, -0.1) is 0 Å². The first-order chi connectivity index (χ1) is 9.97. The molecular formula is C15H20INO4. The van der Waals surface area contributed by atoms with Gasteiger partial charge in [0.1, 0.15) is 0 Å². The Bertz CT molecular complexity index is 508. The van der Waals surface area contributed by atoms with Gasteiger partial charge in [-0.05, 0) is 32.6 Å². The van der Waals surface area contributed by atoms with Crippen LogP contribution in [0.25, 0.3) is 0 Å². The summed E-state index contributed by atoms with van der Waals surface area (Å²) in [4.78, 5) is 24.5. The number of ether oxygens (including phenoxy) is 1. The average Bonchev–Trinajstić information content (AvgIpc) is 2.65.